The van der Waals surface area contributed by atoms with E-state index in [4.69, 9.17) is 14.0 Å². The number of carbonyl (C=O) groups excluding carboxylic acids is 1. The van der Waals surface area contributed by atoms with Crippen LogP contribution in [-0.2, 0) is 15.9 Å². The van der Waals surface area contributed by atoms with Crippen molar-refractivity contribution in [1.29, 1.82) is 0 Å². The first-order valence-electron chi connectivity index (χ1n) is 8.30. The number of pyridine rings is 1. The molecule has 25 heavy (non-hydrogen) atoms. The Bertz CT molecular complexity index is 745. The lowest BCUT2D eigenvalue weighted by Crippen LogP contribution is -2.41. The number of rotatable bonds is 5. The molecule has 2 heterocycles. The third-order valence-corrected chi connectivity index (χ3v) is 4.79. The average Bonchev–Trinajstić information content (AvgIpc) is 2.81. The topological polar surface area (TPSA) is 57.7 Å². The molecule has 1 aliphatic rings. The zero-order valence-corrected chi connectivity index (χ0v) is 15.0. The summed E-state index contributed by atoms with van der Waals surface area (Å²) in [7, 11) is -0.506. The van der Waals surface area contributed by atoms with Gasteiger partial charge in [-0.3, -0.25) is 9.78 Å². The maximum atomic E-state index is 11.5. The van der Waals surface area contributed by atoms with E-state index in [1.807, 2.05) is 52.0 Å². The van der Waals surface area contributed by atoms with Gasteiger partial charge in [-0.2, -0.15) is 0 Å². The fraction of sp³-hybridized carbons (Fsp3) is 0.368. The van der Waals surface area contributed by atoms with Crippen molar-refractivity contribution < 1.29 is 18.8 Å². The van der Waals surface area contributed by atoms with Crippen molar-refractivity contribution in [3.63, 3.8) is 0 Å². The van der Waals surface area contributed by atoms with Crippen LogP contribution in [0.5, 0.6) is 5.75 Å². The van der Waals surface area contributed by atoms with Gasteiger partial charge in [0.15, 0.2) is 6.29 Å². The monoisotopic (exact) mass is 339 g/mol. The standard InChI is InChI=1S/C19H22BNO4/c1-18(2)19(3,4)25-20(24-18)15-8-9-17(14(11-15)12-22)23-13-16-7-5-6-10-21-16/h5-12H,13H2,1-4H3. The molecule has 0 atom stereocenters. The summed E-state index contributed by atoms with van der Waals surface area (Å²) >= 11 is 0. The number of hydrogen-bond donors (Lipinski definition) is 0. The van der Waals surface area contributed by atoms with Gasteiger partial charge in [0, 0.05) is 6.20 Å². The van der Waals surface area contributed by atoms with E-state index >= 15 is 0 Å². The molecule has 0 saturated carbocycles. The Kier molecular flexibility index (Phi) is 4.67. The van der Waals surface area contributed by atoms with E-state index in [9.17, 15) is 4.79 Å². The third-order valence-electron chi connectivity index (χ3n) is 4.79. The summed E-state index contributed by atoms with van der Waals surface area (Å²) in [4.78, 5) is 15.7. The number of carbonyl (C=O) groups is 1. The summed E-state index contributed by atoms with van der Waals surface area (Å²) in [6.45, 7) is 8.30. The lowest BCUT2D eigenvalue weighted by Gasteiger charge is -2.32. The highest BCUT2D eigenvalue weighted by atomic mass is 16.7. The molecular formula is C19H22BNO4. The van der Waals surface area contributed by atoms with Gasteiger partial charge in [-0.25, -0.2) is 0 Å². The molecule has 0 unspecified atom stereocenters. The molecule has 6 heteroatoms. The summed E-state index contributed by atoms with van der Waals surface area (Å²) in [5.41, 5.74) is 1.21. The van der Waals surface area contributed by atoms with Gasteiger partial charge in [0.1, 0.15) is 12.4 Å². The van der Waals surface area contributed by atoms with E-state index in [1.54, 1.807) is 18.3 Å². The van der Waals surface area contributed by atoms with Crippen molar-refractivity contribution in [3.05, 3.63) is 53.9 Å². The summed E-state index contributed by atoms with van der Waals surface area (Å²) in [5, 5.41) is 0. The molecule has 0 aliphatic carbocycles. The van der Waals surface area contributed by atoms with Crippen LogP contribution in [0.3, 0.4) is 0 Å². The van der Waals surface area contributed by atoms with E-state index in [1.165, 1.54) is 0 Å². The maximum Gasteiger partial charge on any atom is 0.494 e. The molecule has 0 bridgehead atoms. The molecule has 3 rings (SSSR count). The Labute approximate surface area is 148 Å². The quantitative estimate of drug-likeness (QED) is 0.619. The molecule has 1 aliphatic heterocycles. The summed E-state index contributed by atoms with van der Waals surface area (Å²) in [6.07, 6.45) is 2.49. The third kappa shape index (κ3) is 3.60. The van der Waals surface area contributed by atoms with Gasteiger partial charge in [-0.05, 0) is 57.4 Å². The van der Waals surface area contributed by atoms with Crippen molar-refractivity contribution in [3.8, 4) is 5.75 Å². The molecular weight excluding hydrogens is 317 g/mol. The minimum Gasteiger partial charge on any atom is -0.487 e. The van der Waals surface area contributed by atoms with Crippen LogP contribution in [0.15, 0.2) is 42.6 Å². The van der Waals surface area contributed by atoms with Crippen molar-refractivity contribution in [1.82, 2.24) is 4.98 Å². The van der Waals surface area contributed by atoms with E-state index in [0.717, 1.165) is 17.4 Å². The van der Waals surface area contributed by atoms with Gasteiger partial charge >= 0.3 is 7.12 Å². The predicted molar refractivity (Wildman–Crippen MR) is 96.1 cm³/mol. The van der Waals surface area contributed by atoms with Crippen LogP contribution in [0.1, 0.15) is 43.7 Å². The fourth-order valence-electron chi connectivity index (χ4n) is 2.55. The van der Waals surface area contributed by atoms with E-state index in [-0.39, 0.29) is 0 Å². The smallest absolute Gasteiger partial charge is 0.487 e. The molecule has 0 N–H and O–H groups in total. The van der Waals surface area contributed by atoms with Crippen molar-refractivity contribution in [2.24, 2.45) is 0 Å². The van der Waals surface area contributed by atoms with Crippen molar-refractivity contribution in [2.75, 3.05) is 0 Å². The number of aromatic nitrogens is 1. The normalized spacial score (nSPS) is 18.2. The first-order valence-corrected chi connectivity index (χ1v) is 8.30. The van der Waals surface area contributed by atoms with Crippen LogP contribution in [0.4, 0.5) is 0 Å². The minimum atomic E-state index is -0.506. The molecule has 1 saturated heterocycles. The van der Waals surface area contributed by atoms with Crippen LogP contribution < -0.4 is 10.2 Å². The van der Waals surface area contributed by atoms with Crippen molar-refractivity contribution >= 4 is 18.9 Å². The predicted octanol–water partition coefficient (Wildman–Crippen LogP) is 2.77. The maximum absolute atomic E-state index is 11.5. The van der Waals surface area contributed by atoms with Gasteiger partial charge in [0.05, 0.1) is 22.5 Å². The molecule has 0 radical (unpaired) electrons. The highest BCUT2D eigenvalue weighted by molar-refractivity contribution is 6.62. The molecule has 0 spiro atoms. The van der Waals surface area contributed by atoms with Crippen LogP contribution in [0, 0.1) is 0 Å². The van der Waals surface area contributed by atoms with Gasteiger partial charge in [0.2, 0.25) is 0 Å². The second-order valence-electron chi connectivity index (χ2n) is 7.11. The molecule has 0 amide bonds. The highest BCUT2D eigenvalue weighted by Gasteiger charge is 2.51. The summed E-state index contributed by atoms with van der Waals surface area (Å²) < 4.78 is 17.8. The molecule has 130 valence electrons. The van der Waals surface area contributed by atoms with E-state index < -0.39 is 18.3 Å². The van der Waals surface area contributed by atoms with Gasteiger partial charge in [-0.15, -0.1) is 0 Å². The second-order valence-corrected chi connectivity index (χ2v) is 7.11. The first kappa shape index (κ1) is 17.6. The number of ether oxygens (including phenoxy) is 1. The number of hydrogen-bond acceptors (Lipinski definition) is 5. The zero-order chi connectivity index (χ0) is 18.1. The molecule has 2 aromatic rings. The van der Waals surface area contributed by atoms with E-state index in [0.29, 0.717) is 17.9 Å². The van der Waals surface area contributed by atoms with Gasteiger partial charge < -0.3 is 14.0 Å². The van der Waals surface area contributed by atoms with E-state index in [2.05, 4.69) is 4.98 Å². The number of nitrogens with zero attached hydrogens (tertiary/aromatic N) is 1. The Morgan fingerprint density at radius 3 is 2.44 bits per heavy atom. The Hall–Kier alpha value is -2.18. The largest absolute Gasteiger partial charge is 0.494 e. The zero-order valence-electron chi connectivity index (χ0n) is 15.0. The Morgan fingerprint density at radius 2 is 1.84 bits per heavy atom. The van der Waals surface area contributed by atoms with Gasteiger partial charge in [-0.1, -0.05) is 12.1 Å². The van der Waals surface area contributed by atoms with Crippen LogP contribution in [0.2, 0.25) is 0 Å². The van der Waals surface area contributed by atoms with Gasteiger partial charge in [0.25, 0.3) is 0 Å². The average molecular weight is 339 g/mol. The molecule has 1 fully saturated rings. The summed E-state index contributed by atoms with van der Waals surface area (Å²) in [5.74, 6) is 0.515. The Balaban J connectivity index is 1.77. The van der Waals surface area contributed by atoms with Crippen LogP contribution in [-0.4, -0.2) is 29.6 Å². The molecule has 1 aromatic heterocycles. The first-order chi connectivity index (χ1) is 11.8. The second kappa shape index (κ2) is 6.62. The lowest BCUT2D eigenvalue weighted by molar-refractivity contribution is 0.00578. The number of aldehydes is 1. The molecule has 5 nitrogen and oxygen atoms in total. The number of benzene rings is 1. The Morgan fingerprint density at radius 1 is 1.12 bits per heavy atom. The SMILES string of the molecule is CC1(C)OB(c2ccc(OCc3ccccn3)c(C=O)c2)OC1(C)C. The van der Waals surface area contributed by atoms with Crippen LogP contribution >= 0.6 is 0 Å². The van der Waals surface area contributed by atoms with Crippen LogP contribution in [0.25, 0.3) is 0 Å². The fourth-order valence-corrected chi connectivity index (χ4v) is 2.55. The highest BCUT2D eigenvalue weighted by Crippen LogP contribution is 2.36. The van der Waals surface area contributed by atoms with Crippen molar-refractivity contribution in [2.45, 2.75) is 45.5 Å². The molecule has 1 aromatic carbocycles. The lowest BCUT2D eigenvalue weighted by atomic mass is 9.78. The summed E-state index contributed by atoms with van der Waals surface area (Å²) in [6, 6.07) is 11.0. The minimum absolute atomic E-state index is 0.303.